The quantitative estimate of drug-likeness (QED) is 0.687. The highest BCUT2D eigenvalue weighted by Crippen LogP contribution is 2.21. The van der Waals surface area contributed by atoms with Crippen molar-refractivity contribution in [3.05, 3.63) is 22.4 Å². The summed E-state index contributed by atoms with van der Waals surface area (Å²) in [6.07, 6.45) is 1.73. The average Bonchev–Trinajstić information content (AvgIpc) is 2.22. The van der Waals surface area contributed by atoms with Crippen LogP contribution in [-0.2, 0) is 4.79 Å². The van der Waals surface area contributed by atoms with Crippen LogP contribution in [0.3, 0.4) is 0 Å². The summed E-state index contributed by atoms with van der Waals surface area (Å²) in [6.45, 7) is 3.69. The molecule has 1 N–H and O–H groups in total. The van der Waals surface area contributed by atoms with E-state index in [9.17, 15) is 4.79 Å². The van der Waals surface area contributed by atoms with Crippen LogP contribution in [0.15, 0.2) is 16.9 Å². The molecule has 15 heavy (non-hydrogen) atoms. The second-order valence-corrected chi connectivity index (χ2v) is 4.46. The van der Waals surface area contributed by atoms with Crippen molar-refractivity contribution < 1.29 is 4.79 Å². The van der Waals surface area contributed by atoms with Gasteiger partial charge in [0.25, 0.3) is 0 Å². The molecule has 1 aromatic heterocycles. The highest BCUT2D eigenvalue weighted by Gasteiger charge is 2.13. The molecule has 0 aliphatic rings. The van der Waals surface area contributed by atoms with Gasteiger partial charge < -0.3 is 5.32 Å². The maximum absolute atomic E-state index is 11.6. The molecular weight excluding hydrogens is 279 g/mol. The normalized spacial score (nSPS) is 12.3. The lowest BCUT2D eigenvalue weighted by atomic mass is 10.2. The fourth-order valence-corrected chi connectivity index (χ4v) is 1.42. The van der Waals surface area contributed by atoms with Crippen molar-refractivity contribution in [2.24, 2.45) is 5.92 Å². The number of carbonyl (C=O) groups is 1. The van der Waals surface area contributed by atoms with Crippen LogP contribution in [0.25, 0.3) is 0 Å². The monoisotopic (exact) mass is 290 g/mol. The predicted molar refractivity (Wildman–Crippen MR) is 65.2 cm³/mol. The standard InChI is InChI=1S/C10H12BrClN2O/c1-6-3-8(9(11)13-5-6)14-10(15)7(2)4-12/h3,5,7H,4H2,1-2H3,(H,14,15). The van der Waals surface area contributed by atoms with E-state index in [-0.39, 0.29) is 11.8 Å². The van der Waals surface area contributed by atoms with Gasteiger partial charge in [0.2, 0.25) is 5.91 Å². The molecule has 0 fully saturated rings. The van der Waals surface area contributed by atoms with Crippen molar-refractivity contribution in [1.29, 1.82) is 0 Å². The fraction of sp³-hybridized carbons (Fsp3) is 0.400. The van der Waals surface area contributed by atoms with Gasteiger partial charge in [-0.05, 0) is 34.5 Å². The van der Waals surface area contributed by atoms with Crippen LogP contribution in [0.2, 0.25) is 0 Å². The first kappa shape index (κ1) is 12.5. The first-order valence-electron chi connectivity index (χ1n) is 4.53. The molecule has 0 aliphatic carbocycles. The lowest BCUT2D eigenvalue weighted by molar-refractivity contribution is -0.118. The van der Waals surface area contributed by atoms with Gasteiger partial charge in [-0.2, -0.15) is 0 Å². The van der Waals surface area contributed by atoms with Gasteiger partial charge in [-0.1, -0.05) is 6.92 Å². The summed E-state index contributed by atoms with van der Waals surface area (Å²) in [5.41, 5.74) is 1.67. The zero-order valence-corrected chi connectivity index (χ0v) is 10.9. The van der Waals surface area contributed by atoms with Crippen molar-refractivity contribution in [3.63, 3.8) is 0 Å². The number of anilines is 1. The lowest BCUT2D eigenvalue weighted by Gasteiger charge is -2.10. The van der Waals surface area contributed by atoms with E-state index in [1.165, 1.54) is 0 Å². The molecule has 1 amide bonds. The molecule has 0 saturated heterocycles. The number of pyridine rings is 1. The van der Waals surface area contributed by atoms with Crippen molar-refractivity contribution in [2.75, 3.05) is 11.2 Å². The minimum absolute atomic E-state index is 0.0990. The van der Waals surface area contributed by atoms with Crippen LogP contribution in [0, 0.1) is 12.8 Å². The van der Waals surface area contributed by atoms with E-state index in [2.05, 4.69) is 26.2 Å². The second-order valence-electron chi connectivity index (χ2n) is 3.40. The summed E-state index contributed by atoms with van der Waals surface area (Å²) in [7, 11) is 0. The summed E-state index contributed by atoms with van der Waals surface area (Å²) in [4.78, 5) is 15.6. The topological polar surface area (TPSA) is 42.0 Å². The Kier molecular flexibility index (Phi) is 4.54. The number of nitrogens with one attached hydrogen (secondary N) is 1. The van der Waals surface area contributed by atoms with E-state index in [1.54, 1.807) is 13.1 Å². The summed E-state index contributed by atoms with van der Waals surface area (Å²) in [5, 5.41) is 2.77. The Morgan fingerprint density at radius 2 is 2.40 bits per heavy atom. The third-order valence-corrected chi connectivity index (χ3v) is 3.01. The zero-order chi connectivity index (χ0) is 11.4. The molecule has 1 rings (SSSR count). The van der Waals surface area contributed by atoms with E-state index in [4.69, 9.17) is 11.6 Å². The number of nitrogens with zero attached hydrogens (tertiary/aromatic N) is 1. The number of aromatic nitrogens is 1. The number of hydrogen-bond donors (Lipinski definition) is 1. The SMILES string of the molecule is Cc1cnc(Br)c(NC(=O)C(C)CCl)c1. The van der Waals surface area contributed by atoms with Crippen LogP contribution < -0.4 is 5.32 Å². The Morgan fingerprint density at radius 3 is 3.00 bits per heavy atom. The number of carbonyl (C=O) groups excluding carboxylic acids is 1. The molecule has 5 heteroatoms. The Bertz CT molecular complexity index is 370. The van der Waals surface area contributed by atoms with Crippen molar-refractivity contribution in [3.8, 4) is 0 Å². The average molecular weight is 292 g/mol. The molecule has 1 heterocycles. The van der Waals surface area contributed by atoms with Gasteiger partial charge in [-0.3, -0.25) is 4.79 Å². The van der Waals surface area contributed by atoms with Crippen LogP contribution >= 0.6 is 27.5 Å². The molecule has 1 aromatic rings. The third kappa shape index (κ3) is 3.47. The minimum atomic E-state index is -0.209. The molecule has 0 radical (unpaired) electrons. The Hall–Kier alpha value is -0.610. The van der Waals surface area contributed by atoms with Crippen LogP contribution in [0.4, 0.5) is 5.69 Å². The van der Waals surface area contributed by atoms with Gasteiger partial charge in [-0.15, -0.1) is 11.6 Å². The number of alkyl halides is 1. The van der Waals surface area contributed by atoms with Gasteiger partial charge in [0, 0.05) is 18.0 Å². The highest BCUT2D eigenvalue weighted by molar-refractivity contribution is 9.10. The molecule has 82 valence electrons. The molecule has 0 saturated carbocycles. The Morgan fingerprint density at radius 1 is 1.73 bits per heavy atom. The lowest BCUT2D eigenvalue weighted by Crippen LogP contribution is -2.21. The molecule has 0 aliphatic heterocycles. The maximum atomic E-state index is 11.6. The fourth-order valence-electron chi connectivity index (χ4n) is 0.966. The highest BCUT2D eigenvalue weighted by atomic mass is 79.9. The molecule has 1 atom stereocenters. The van der Waals surface area contributed by atoms with Gasteiger partial charge in [-0.25, -0.2) is 4.98 Å². The Labute approximate surface area is 102 Å². The number of hydrogen-bond acceptors (Lipinski definition) is 2. The summed E-state index contributed by atoms with van der Waals surface area (Å²) in [6, 6.07) is 1.86. The first-order chi connectivity index (χ1) is 7.04. The smallest absolute Gasteiger partial charge is 0.228 e. The molecular formula is C10H12BrClN2O. The van der Waals surface area contributed by atoms with Crippen LogP contribution in [-0.4, -0.2) is 16.8 Å². The third-order valence-electron chi connectivity index (χ3n) is 1.91. The summed E-state index contributed by atoms with van der Waals surface area (Å²) >= 11 is 8.87. The molecule has 0 spiro atoms. The van der Waals surface area contributed by atoms with Crippen LogP contribution in [0.5, 0.6) is 0 Å². The number of aryl methyl sites for hydroxylation is 1. The molecule has 0 bridgehead atoms. The van der Waals surface area contributed by atoms with Gasteiger partial charge in [0.05, 0.1) is 5.69 Å². The van der Waals surface area contributed by atoms with Crippen LogP contribution in [0.1, 0.15) is 12.5 Å². The number of halogens is 2. The van der Waals surface area contributed by atoms with E-state index in [0.717, 1.165) is 5.56 Å². The van der Waals surface area contributed by atoms with Crippen molar-refractivity contribution in [1.82, 2.24) is 4.98 Å². The maximum Gasteiger partial charge on any atom is 0.228 e. The largest absolute Gasteiger partial charge is 0.323 e. The second kappa shape index (κ2) is 5.47. The van der Waals surface area contributed by atoms with Gasteiger partial charge in [0.1, 0.15) is 4.60 Å². The van der Waals surface area contributed by atoms with E-state index in [0.29, 0.717) is 16.2 Å². The van der Waals surface area contributed by atoms with Crippen molar-refractivity contribution >= 4 is 39.1 Å². The zero-order valence-electron chi connectivity index (χ0n) is 8.55. The van der Waals surface area contributed by atoms with E-state index < -0.39 is 0 Å². The Balaban J connectivity index is 2.80. The summed E-state index contributed by atoms with van der Waals surface area (Å²) in [5.74, 6) is 0.0000631. The first-order valence-corrected chi connectivity index (χ1v) is 5.86. The number of rotatable bonds is 3. The minimum Gasteiger partial charge on any atom is -0.323 e. The molecule has 1 unspecified atom stereocenters. The van der Waals surface area contributed by atoms with Gasteiger partial charge in [0.15, 0.2) is 0 Å². The van der Waals surface area contributed by atoms with Crippen molar-refractivity contribution in [2.45, 2.75) is 13.8 Å². The summed E-state index contributed by atoms with van der Waals surface area (Å²) < 4.78 is 0.628. The van der Waals surface area contributed by atoms with E-state index >= 15 is 0 Å². The molecule has 3 nitrogen and oxygen atoms in total. The molecule has 0 aromatic carbocycles. The van der Waals surface area contributed by atoms with E-state index in [1.807, 2.05) is 13.0 Å². The van der Waals surface area contributed by atoms with Gasteiger partial charge >= 0.3 is 0 Å². The number of amides is 1. The predicted octanol–water partition coefficient (Wildman–Crippen LogP) is 2.97.